The summed E-state index contributed by atoms with van der Waals surface area (Å²) in [5.74, 6) is 1.67. The standard InChI is InChI=1S/C33H56N6O2/c1-26(2)36-16-9-17-38(21-20-36)33-34-25-28-23-31(40-5)32(41-22-10-15-35-13-7-6-8-14-35)24-30(28)39(33)29-11-18-37(19-12-29)27(3)4/h23-27,29,33H,6-22H2,1-5H3. The predicted octanol–water partition coefficient (Wildman–Crippen LogP) is 4.76. The molecule has 1 atom stereocenters. The molecule has 4 aliphatic heterocycles. The summed E-state index contributed by atoms with van der Waals surface area (Å²) in [5, 5.41) is 0. The highest BCUT2D eigenvalue weighted by molar-refractivity contribution is 5.92. The Bertz CT molecular complexity index is 986. The molecule has 3 saturated heterocycles. The number of fused-ring (bicyclic) bond motifs is 1. The number of nitrogens with zero attached hydrogens (tertiary/aromatic N) is 6. The van der Waals surface area contributed by atoms with Gasteiger partial charge >= 0.3 is 0 Å². The van der Waals surface area contributed by atoms with E-state index in [1.54, 1.807) is 7.11 Å². The maximum absolute atomic E-state index is 6.46. The fourth-order valence-electron chi connectivity index (χ4n) is 7.20. The van der Waals surface area contributed by atoms with E-state index in [9.17, 15) is 0 Å². The summed E-state index contributed by atoms with van der Waals surface area (Å²) in [5.41, 5.74) is 2.40. The van der Waals surface area contributed by atoms with Gasteiger partial charge in [-0.3, -0.25) is 14.8 Å². The van der Waals surface area contributed by atoms with Crippen molar-refractivity contribution in [3.8, 4) is 11.5 Å². The Morgan fingerprint density at radius 1 is 0.805 bits per heavy atom. The number of hydrogen-bond acceptors (Lipinski definition) is 8. The number of benzene rings is 1. The molecule has 0 bridgehead atoms. The number of hydrogen-bond donors (Lipinski definition) is 0. The lowest BCUT2D eigenvalue weighted by Crippen LogP contribution is -2.57. The molecule has 8 heteroatoms. The minimum atomic E-state index is 0.0329. The first-order chi connectivity index (χ1) is 19.9. The topological polar surface area (TPSA) is 47.0 Å². The monoisotopic (exact) mass is 568 g/mol. The van der Waals surface area contributed by atoms with E-state index in [-0.39, 0.29) is 6.29 Å². The SMILES string of the molecule is COc1cc2c(cc1OCCCN1CCCCC1)N(C1CCN(C(C)C)CC1)C(N1CCCN(C(C)C)CC1)N=C2. The summed E-state index contributed by atoms with van der Waals surface area (Å²) >= 11 is 0. The van der Waals surface area contributed by atoms with E-state index in [0.717, 1.165) is 75.6 Å². The molecule has 1 aromatic rings. The summed E-state index contributed by atoms with van der Waals surface area (Å²) in [4.78, 5) is 18.3. The van der Waals surface area contributed by atoms with Gasteiger partial charge in [-0.15, -0.1) is 0 Å². The van der Waals surface area contributed by atoms with Crippen LogP contribution in [0.1, 0.15) is 78.2 Å². The van der Waals surface area contributed by atoms with E-state index in [1.807, 2.05) is 0 Å². The van der Waals surface area contributed by atoms with Crippen LogP contribution in [0.2, 0.25) is 0 Å². The van der Waals surface area contributed by atoms with Gasteiger partial charge in [-0.05, 0) is 91.9 Å². The second-order valence-corrected chi connectivity index (χ2v) is 13.1. The van der Waals surface area contributed by atoms with Crippen molar-refractivity contribution in [2.75, 3.05) is 77.5 Å². The number of rotatable bonds is 10. The average molecular weight is 569 g/mol. The normalized spacial score (nSPS) is 24.2. The minimum Gasteiger partial charge on any atom is -0.493 e. The highest BCUT2D eigenvalue weighted by Gasteiger charge is 2.37. The lowest BCUT2D eigenvalue weighted by atomic mass is 9.98. The lowest BCUT2D eigenvalue weighted by Gasteiger charge is -2.48. The summed E-state index contributed by atoms with van der Waals surface area (Å²) < 4.78 is 12.3. The molecule has 1 unspecified atom stereocenters. The third-order valence-electron chi connectivity index (χ3n) is 9.76. The number of ether oxygens (including phenoxy) is 2. The molecule has 230 valence electrons. The molecular formula is C33H56N6O2. The summed E-state index contributed by atoms with van der Waals surface area (Å²) in [6, 6.07) is 6.05. The molecule has 41 heavy (non-hydrogen) atoms. The predicted molar refractivity (Wildman–Crippen MR) is 170 cm³/mol. The van der Waals surface area contributed by atoms with Crippen LogP contribution in [0.3, 0.4) is 0 Å². The molecule has 0 radical (unpaired) electrons. The number of aliphatic imine (C=N–C) groups is 1. The van der Waals surface area contributed by atoms with Crippen molar-refractivity contribution in [3.05, 3.63) is 17.7 Å². The zero-order chi connectivity index (χ0) is 28.8. The molecule has 4 heterocycles. The Morgan fingerprint density at radius 3 is 2.24 bits per heavy atom. The Kier molecular flexibility index (Phi) is 10.8. The van der Waals surface area contributed by atoms with Crippen molar-refractivity contribution in [3.63, 3.8) is 0 Å². The third kappa shape index (κ3) is 7.56. The van der Waals surface area contributed by atoms with Gasteiger partial charge in [0.05, 0.1) is 19.4 Å². The number of methoxy groups -OCH3 is 1. The molecule has 5 rings (SSSR count). The van der Waals surface area contributed by atoms with E-state index < -0.39 is 0 Å². The van der Waals surface area contributed by atoms with Crippen LogP contribution in [0.25, 0.3) is 0 Å². The van der Waals surface area contributed by atoms with Crippen LogP contribution in [0.15, 0.2) is 17.1 Å². The minimum absolute atomic E-state index is 0.0329. The maximum Gasteiger partial charge on any atom is 0.179 e. The van der Waals surface area contributed by atoms with E-state index in [4.69, 9.17) is 14.5 Å². The average Bonchev–Trinajstić information content (AvgIpc) is 3.25. The van der Waals surface area contributed by atoms with Gasteiger partial charge in [-0.1, -0.05) is 6.42 Å². The molecular weight excluding hydrogens is 512 g/mol. The first-order valence-corrected chi connectivity index (χ1v) is 16.6. The van der Waals surface area contributed by atoms with E-state index in [2.05, 4.69) is 70.5 Å². The van der Waals surface area contributed by atoms with Crippen LogP contribution >= 0.6 is 0 Å². The van der Waals surface area contributed by atoms with Crippen molar-refractivity contribution in [1.82, 2.24) is 19.6 Å². The van der Waals surface area contributed by atoms with Crippen LogP contribution in [-0.4, -0.2) is 123 Å². The smallest absolute Gasteiger partial charge is 0.179 e. The summed E-state index contributed by atoms with van der Waals surface area (Å²) in [6.45, 7) is 20.3. The highest BCUT2D eigenvalue weighted by Crippen LogP contribution is 2.40. The fraction of sp³-hybridized carbons (Fsp3) is 0.788. The first-order valence-electron chi connectivity index (χ1n) is 16.6. The molecule has 0 amide bonds. The van der Waals surface area contributed by atoms with Crippen molar-refractivity contribution < 1.29 is 9.47 Å². The van der Waals surface area contributed by atoms with Gasteiger partial charge in [-0.25, -0.2) is 0 Å². The lowest BCUT2D eigenvalue weighted by molar-refractivity contribution is 0.140. The quantitative estimate of drug-likeness (QED) is 0.377. The van der Waals surface area contributed by atoms with Crippen molar-refractivity contribution in [2.24, 2.45) is 4.99 Å². The molecule has 0 spiro atoms. The largest absolute Gasteiger partial charge is 0.493 e. The van der Waals surface area contributed by atoms with Gasteiger partial charge in [0.1, 0.15) is 0 Å². The molecule has 8 nitrogen and oxygen atoms in total. The van der Waals surface area contributed by atoms with Crippen LogP contribution < -0.4 is 14.4 Å². The maximum atomic E-state index is 6.46. The molecule has 0 aromatic heterocycles. The van der Waals surface area contributed by atoms with E-state index in [1.165, 1.54) is 51.0 Å². The summed E-state index contributed by atoms with van der Waals surface area (Å²) in [7, 11) is 1.75. The van der Waals surface area contributed by atoms with Gasteiger partial charge in [0.15, 0.2) is 17.8 Å². The van der Waals surface area contributed by atoms with Crippen LogP contribution in [0.5, 0.6) is 11.5 Å². The van der Waals surface area contributed by atoms with Gasteiger partial charge < -0.3 is 24.2 Å². The highest BCUT2D eigenvalue weighted by atomic mass is 16.5. The third-order valence-corrected chi connectivity index (χ3v) is 9.76. The number of anilines is 1. The number of likely N-dealkylation sites (tertiary alicyclic amines) is 2. The van der Waals surface area contributed by atoms with E-state index >= 15 is 0 Å². The number of piperidine rings is 2. The molecule has 4 aliphatic rings. The fourth-order valence-corrected chi connectivity index (χ4v) is 7.20. The van der Waals surface area contributed by atoms with Gasteiger partial charge in [0.2, 0.25) is 0 Å². The molecule has 3 fully saturated rings. The summed E-state index contributed by atoms with van der Waals surface area (Å²) in [6.07, 6.45) is 10.7. The Labute approximate surface area is 249 Å². The zero-order valence-corrected chi connectivity index (χ0v) is 26.6. The molecule has 0 saturated carbocycles. The van der Waals surface area contributed by atoms with Crippen molar-refractivity contribution >= 4 is 11.9 Å². The van der Waals surface area contributed by atoms with Gasteiger partial charge in [-0.2, -0.15) is 0 Å². The molecule has 1 aromatic carbocycles. The van der Waals surface area contributed by atoms with Crippen LogP contribution in [-0.2, 0) is 0 Å². The Hall–Kier alpha value is -1.87. The van der Waals surface area contributed by atoms with Gasteiger partial charge in [0, 0.05) is 75.2 Å². The van der Waals surface area contributed by atoms with Gasteiger partial charge in [0.25, 0.3) is 0 Å². The van der Waals surface area contributed by atoms with Crippen molar-refractivity contribution in [1.29, 1.82) is 0 Å². The molecule has 0 aliphatic carbocycles. The van der Waals surface area contributed by atoms with Crippen LogP contribution in [0, 0.1) is 0 Å². The van der Waals surface area contributed by atoms with E-state index in [0.29, 0.717) is 24.7 Å². The Morgan fingerprint density at radius 2 is 1.54 bits per heavy atom. The Balaban J connectivity index is 1.36. The first kappa shape index (κ1) is 30.6. The van der Waals surface area contributed by atoms with Crippen LogP contribution in [0.4, 0.5) is 5.69 Å². The van der Waals surface area contributed by atoms with Crippen molar-refractivity contribution in [2.45, 2.75) is 97.1 Å². The molecule has 0 N–H and O–H groups in total. The zero-order valence-electron chi connectivity index (χ0n) is 26.6. The second-order valence-electron chi connectivity index (χ2n) is 13.1. The second kappa shape index (κ2) is 14.5.